The van der Waals surface area contributed by atoms with E-state index in [-0.39, 0.29) is 5.92 Å². The van der Waals surface area contributed by atoms with Crippen LogP contribution < -0.4 is 0 Å². The van der Waals surface area contributed by atoms with E-state index in [2.05, 4.69) is 4.98 Å². The standard InChI is InChI=1S/C13H17NO/c15-13(12-8-5-9-14-10-12)11-6-3-1-2-4-7-11/h5,8-11H,1-4,6-7H2. The van der Waals surface area contributed by atoms with E-state index in [4.69, 9.17) is 0 Å². The quantitative estimate of drug-likeness (QED) is 0.545. The van der Waals surface area contributed by atoms with Crippen LogP contribution in [0, 0.1) is 5.92 Å². The molecule has 1 aliphatic rings. The van der Waals surface area contributed by atoms with Crippen molar-refractivity contribution in [2.24, 2.45) is 5.92 Å². The van der Waals surface area contributed by atoms with Crippen molar-refractivity contribution in [2.45, 2.75) is 38.5 Å². The third-order valence-corrected chi connectivity index (χ3v) is 3.17. The van der Waals surface area contributed by atoms with Gasteiger partial charge in [0.2, 0.25) is 0 Å². The molecule has 1 aromatic rings. The molecular weight excluding hydrogens is 186 g/mol. The van der Waals surface area contributed by atoms with Crippen molar-refractivity contribution < 1.29 is 4.79 Å². The molecule has 0 saturated heterocycles. The lowest BCUT2D eigenvalue weighted by atomic mass is 9.92. The monoisotopic (exact) mass is 203 g/mol. The van der Waals surface area contributed by atoms with Gasteiger partial charge in [0.1, 0.15) is 0 Å². The summed E-state index contributed by atoms with van der Waals surface area (Å²) >= 11 is 0. The molecular formula is C13H17NO. The Kier molecular flexibility index (Phi) is 3.49. The van der Waals surface area contributed by atoms with Gasteiger partial charge in [-0.05, 0) is 25.0 Å². The molecule has 0 N–H and O–H groups in total. The largest absolute Gasteiger partial charge is 0.294 e. The Morgan fingerprint density at radius 1 is 1.20 bits per heavy atom. The van der Waals surface area contributed by atoms with E-state index >= 15 is 0 Å². The number of ketones is 1. The van der Waals surface area contributed by atoms with Crippen LogP contribution in [0.25, 0.3) is 0 Å². The average molecular weight is 203 g/mol. The number of carbonyl (C=O) groups is 1. The molecule has 1 fully saturated rings. The van der Waals surface area contributed by atoms with E-state index in [9.17, 15) is 4.79 Å². The Balaban J connectivity index is 2.06. The fourth-order valence-electron chi connectivity index (χ4n) is 2.29. The number of carbonyl (C=O) groups excluding carboxylic acids is 1. The number of Topliss-reactive ketones (excluding diaryl/α,β-unsaturated/α-hetero) is 1. The van der Waals surface area contributed by atoms with Crippen molar-refractivity contribution in [3.8, 4) is 0 Å². The number of hydrogen-bond donors (Lipinski definition) is 0. The maximum atomic E-state index is 12.1. The molecule has 1 heterocycles. The number of pyridine rings is 1. The SMILES string of the molecule is O=C(c1cccnc1)C1CCCCCC1. The molecule has 0 radical (unpaired) electrons. The molecule has 80 valence electrons. The zero-order valence-electron chi connectivity index (χ0n) is 8.98. The van der Waals surface area contributed by atoms with Crippen molar-refractivity contribution in [1.29, 1.82) is 0 Å². The summed E-state index contributed by atoms with van der Waals surface area (Å²) < 4.78 is 0. The topological polar surface area (TPSA) is 30.0 Å². The van der Waals surface area contributed by atoms with Crippen molar-refractivity contribution in [1.82, 2.24) is 4.98 Å². The highest BCUT2D eigenvalue weighted by Crippen LogP contribution is 2.25. The summed E-state index contributed by atoms with van der Waals surface area (Å²) in [7, 11) is 0. The van der Waals surface area contributed by atoms with Crippen LogP contribution in [0.2, 0.25) is 0 Å². The Morgan fingerprint density at radius 3 is 2.53 bits per heavy atom. The highest BCUT2D eigenvalue weighted by Gasteiger charge is 2.21. The van der Waals surface area contributed by atoms with E-state index in [0.29, 0.717) is 5.78 Å². The van der Waals surface area contributed by atoms with Crippen molar-refractivity contribution in [3.05, 3.63) is 30.1 Å². The van der Waals surface area contributed by atoms with Gasteiger partial charge in [-0.3, -0.25) is 9.78 Å². The van der Waals surface area contributed by atoms with E-state index < -0.39 is 0 Å². The van der Waals surface area contributed by atoms with Gasteiger partial charge in [0.05, 0.1) is 0 Å². The van der Waals surface area contributed by atoms with E-state index in [1.54, 1.807) is 12.4 Å². The third-order valence-electron chi connectivity index (χ3n) is 3.17. The van der Waals surface area contributed by atoms with Crippen molar-refractivity contribution in [3.63, 3.8) is 0 Å². The van der Waals surface area contributed by atoms with Gasteiger partial charge in [0, 0.05) is 23.9 Å². The minimum absolute atomic E-state index is 0.247. The van der Waals surface area contributed by atoms with E-state index in [1.165, 1.54) is 25.7 Å². The van der Waals surface area contributed by atoms with Crippen molar-refractivity contribution >= 4 is 5.78 Å². The lowest BCUT2D eigenvalue weighted by Crippen LogP contribution is -2.14. The van der Waals surface area contributed by atoms with Gasteiger partial charge in [0.15, 0.2) is 5.78 Å². The first kappa shape index (κ1) is 10.3. The summed E-state index contributed by atoms with van der Waals surface area (Å²) in [5.74, 6) is 0.543. The summed E-state index contributed by atoms with van der Waals surface area (Å²) in [4.78, 5) is 16.1. The Morgan fingerprint density at radius 2 is 1.93 bits per heavy atom. The molecule has 2 heteroatoms. The van der Waals surface area contributed by atoms with E-state index in [1.807, 2.05) is 12.1 Å². The van der Waals surface area contributed by atoms with Gasteiger partial charge < -0.3 is 0 Å². The van der Waals surface area contributed by atoms with Crippen molar-refractivity contribution in [2.75, 3.05) is 0 Å². The molecule has 0 aliphatic heterocycles. The van der Waals surface area contributed by atoms with Crippen LogP contribution in [0.3, 0.4) is 0 Å². The molecule has 1 saturated carbocycles. The summed E-state index contributed by atoms with van der Waals surface area (Å²) in [5.41, 5.74) is 0.782. The zero-order chi connectivity index (χ0) is 10.5. The second-order valence-electron chi connectivity index (χ2n) is 4.29. The number of rotatable bonds is 2. The number of nitrogens with zero attached hydrogens (tertiary/aromatic N) is 1. The number of aromatic nitrogens is 1. The molecule has 2 rings (SSSR count). The fourth-order valence-corrected chi connectivity index (χ4v) is 2.29. The first-order valence-corrected chi connectivity index (χ1v) is 5.82. The molecule has 0 atom stereocenters. The predicted octanol–water partition coefficient (Wildman–Crippen LogP) is 3.23. The average Bonchev–Trinajstić information content (AvgIpc) is 2.58. The maximum Gasteiger partial charge on any atom is 0.167 e. The Labute approximate surface area is 90.7 Å². The van der Waals surface area contributed by atoms with Gasteiger partial charge >= 0.3 is 0 Å². The molecule has 1 aliphatic carbocycles. The normalized spacial score (nSPS) is 18.4. The first-order valence-electron chi connectivity index (χ1n) is 5.82. The van der Waals surface area contributed by atoms with Crippen LogP contribution in [0.15, 0.2) is 24.5 Å². The van der Waals surface area contributed by atoms with Crippen LogP contribution in [-0.2, 0) is 0 Å². The van der Waals surface area contributed by atoms with Crippen LogP contribution in [0.5, 0.6) is 0 Å². The lowest BCUT2D eigenvalue weighted by Gasteiger charge is -2.11. The summed E-state index contributed by atoms with van der Waals surface area (Å²) in [6.07, 6.45) is 10.5. The Hall–Kier alpha value is -1.18. The van der Waals surface area contributed by atoms with Gasteiger partial charge in [-0.15, -0.1) is 0 Å². The van der Waals surface area contributed by atoms with Crippen LogP contribution in [0.4, 0.5) is 0 Å². The minimum Gasteiger partial charge on any atom is -0.294 e. The zero-order valence-corrected chi connectivity index (χ0v) is 8.98. The maximum absolute atomic E-state index is 12.1. The van der Waals surface area contributed by atoms with Gasteiger partial charge in [-0.2, -0.15) is 0 Å². The highest BCUT2D eigenvalue weighted by molar-refractivity contribution is 5.97. The second-order valence-corrected chi connectivity index (χ2v) is 4.29. The van der Waals surface area contributed by atoms with Gasteiger partial charge in [0.25, 0.3) is 0 Å². The lowest BCUT2D eigenvalue weighted by molar-refractivity contribution is 0.0907. The number of hydrogen-bond acceptors (Lipinski definition) is 2. The minimum atomic E-state index is 0.247. The van der Waals surface area contributed by atoms with Gasteiger partial charge in [-0.25, -0.2) is 0 Å². The first-order chi connectivity index (χ1) is 7.38. The molecule has 0 spiro atoms. The van der Waals surface area contributed by atoms with Crippen LogP contribution in [0.1, 0.15) is 48.9 Å². The fraction of sp³-hybridized carbons (Fsp3) is 0.538. The van der Waals surface area contributed by atoms with E-state index in [0.717, 1.165) is 18.4 Å². The molecule has 15 heavy (non-hydrogen) atoms. The molecule has 0 aromatic carbocycles. The Bertz CT molecular complexity index is 313. The predicted molar refractivity (Wildman–Crippen MR) is 59.8 cm³/mol. The summed E-state index contributed by atoms with van der Waals surface area (Å²) in [5, 5.41) is 0. The summed E-state index contributed by atoms with van der Waals surface area (Å²) in [6, 6.07) is 3.71. The summed E-state index contributed by atoms with van der Waals surface area (Å²) in [6.45, 7) is 0. The van der Waals surface area contributed by atoms with Crippen LogP contribution >= 0.6 is 0 Å². The van der Waals surface area contributed by atoms with Crippen LogP contribution in [-0.4, -0.2) is 10.8 Å². The molecule has 1 aromatic heterocycles. The second kappa shape index (κ2) is 5.06. The molecule has 2 nitrogen and oxygen atoms in total. The molecule has 0 unspecified atom stereocenters. The molecule has 0 bridgehead atoms. The third kappa shape index (κ3) is 2.65. The highest BCUT2D eigenvalue weighted by atomic mass is 16.1. The molecule has 0 amide bonds. The smallest absolute Gasteiger partial charge is 0.167 e. The van der Waals surface area contributed by atoms with Gasteiger partial charge in [-0.1, -0.05) is 25.7 Å².